The highest BCUT2D eigenvalue weighted by atomic mass is 16.6. The van der Waals surface area contributed by atoms with Crippen molar-refractivity contribution in [2.75, 3.05) is 26.0 Å². The molecule has 4 aromatic heterocycles. The van der Waals surface area contributed by atoms with Crippen LogP contribution in [0.15, 0.2) is 59.5 Å². The number of furan rings is 1. The van der Waals surface area contributed by atoms with E-state index in [1.165, 1.54) is 4.68 Å². The van der Waals surface area contributed by atoms with Gasteiger partial charge in [-0.2, -0.15) is 9.78 Å². The van der Waals surface area contributed by atoms with Crippen LogP contribution in [0.5, 0.6) is 0 Å². The zero-order chi connectivity index (χ0) is 26.9. The van der Waals surface area contributed by atoms with Crippen LogP contribution in [0.3, 0.4) is 0 Å². The van der Waals surface area contributed by atoms with Crippen LogP contribution in [0.1, 0.15) is 32.9 Å². The molecule has 4 heterocycles. The normalized spacial score (nSPS) is 11.9. The number of fused-ring (bicyclic) bond motifs is 2. The van der Waals surface area contributed by atoms with Crippen molar-refractivity contribution in [2.24, 2.45) is 0 Å². The molecule has 1 N–H and O–H groups in total. The number of ether oxygens (including phenoxy) is 1. The van der Waals surface area contributed by atoms with Gasteiger partial charge in [0.1, 0.15) is 5.60 Å². The minimum atomic E-state index is -0.648. The molecule has 0 aliphatic rings. The highest BCUT2D eigenvalue weighted by Gasteiger charge is 2.25. The number of hydrogen-bond acceptors (Lipinski definition) is 9. The molecule has 0 radical (unpaired) electrons. The van der Waals surface area contributed by atoms with E-state index in [0.717, 1.165) is 35.1 Å². The summed E-state index contributed by atoms with van der Waals surface area (Å²) in [7, 11) is 4.08. The van der Waals surface area contributed by atoms with Gasteiger partial charge >= 0.3 is 6.09 Å². The molecule has 0 amide bonds. The van der Waals surface area contributed by atoms with Crippen LogP contribution in [0.4, 0.5) is 16.2 Å². The Morgan fingerprint density at radius 1 is 1.11 bits per heavy atom. The van der Waals surface area contributed by atoms with E-state index in [1.54, 1.807) is 30.9 Å². The minimum Gasteiger partial charge on any atom is -0.449 e. The van der Waals surface area contributed by atoms with Crippen LogP contribution in [-0.4, -0.2) is 62.0 Å². The summed E-state index contributed by atoms with van der Waals surface area (Å²) in [6.07, 6.45) is 7.78. The molecule has 0 saturated carbocycles. The lowest BCUT2D eigenvalue weighted by Gasteiger charge is -2.19. The zero-order valence-corrected chi connectivity index (χ0v) is 22.2. The molecule has 10 nitrogen and oxygen atoms in total. The van der Waals surface area contributed by atoms with Gasteiger partial charge in [0.05, 0.1) is 23.1 Å². The zero-order valence-electron chi connectivity index (χ0n) is 22.2. The summed E-state index contributed by atoms with van der Waals surface area (Å²) in [5.41, 5.74) is 2.93. The highest BCUT2D eigenvalue weighted by molar-refractivity contribution is 6.04. The maximum absolute atomic E-state index is 13.1. The predicted octanol–water partition coefficient (Wildman–Crippen LogP) is 5.66. The molecule has 0 saturated heterocycles. The topological polar surface area (TPSA) is 111 Å². The Labute approximate surface area is 220 Å². The molecular weight excluding hydrogens is 482 g/mol. The Bertz CT molecular complexity index is 1580. The van der Waals surface area contributed by atoms with Gasteiger partial charge in [-0.3, -0.25) is 4.98 Å². The van der Waals surface area contributed by atoms with Crippen molar-refractivity contribution >= 4 is 39.3 Å². The molecule has 0 aliphatic heterocycles. The first-order chi connectivity index (χ1) is 18.2. The molecule has 196 valence electrons. The Balaban J connectivity index is 1.64. The molecule has 0 atom stereocenters. The summed E-state index contributed by atoms with van der Waals surface area (Å²) < 4.78 is 13.2. The van der Waals surface area contributed by atoms with Gasteiger partial charge in [-0.05, 0) is 78.5 Å². The Kier molecular flexibility index (Phi) is 6.81. The third-order valence-corrected chi connectivity index (χ3v) is 5.89. The standard InChI is InChI=1S/C28H31N7O3/c1-28(2,3)38-27(36)35-21-11-6-9-19(23(21)20(33-35)10-7-16-34(4)5)32-24-18-12-15-29-17-22(18)37-25(24)26-30-13-8-14-31-26/h6,8-9,11-15,17,32H,7,10,16H2,1-5H3. The van der Waals surface area contributed by atoms with Gasteiger partial charge < -0.3 is 19.4 Å². The van der Waals surface area contributed by atoms with Crippen molar-refractivity contribution in [1.82, 2.24) is 29.6 Å². The molecule has 0 aliphatic carbocycles. The molecule has 0 spiro atoms. The van der Waals surface area contributed by atoms with Crippen molar-refractivity contribution in [2.45, 2.75) is 39.2 Å². The predicted molar refractivity (Wildman–Crippen MR) is 147 cm³/mol. The monoisotopic (exact) mass is 513 g/mol. The number of aryl methyl sites for hydroxylation is 1. The van der Waals surface area contributed by atoms with Crippen LogP contribution in [0.25, 0.3) is 33.5 Å². The van der Waals surface area contributed by atoms with E-state index in [-0.39, 0.29) is 0 Å². The van der Waals surface area contributed by atoms with Crippen LogP contribution in [0.2, 0.25) is 0 Å². The van der Waals surface area contributed by atoms with Crippen molar-refractivity contribution in [3.05, 3.63) is 60.8 Å². The first kappa shape index (κ1) is 25.3. The number of aromatic nitrogens is 5. The van der Waals surface area contributed by atoms with E-state index >= 15 is 0 Å². The van der Waals surface area contributed by atoms with Gasteiger partial charge in [-0.15, -0.1) is 0 Å². The Morgan fingerprint density at radius 3 is 2.63 bits per heavy atom. The van der Waals surface area contributed by atoms with Crippen LogP contribution in [-0.2, 0) is 11.2 Å². The lowest BCUT2D eigenvalue weighted by Crippen LogP contribution is -2.27. The van der Waals surface area contributed by atoms with Gasteiger partial charge in [0.25, 0.3) is 0 Å². The number of pyridine rings is 1. The second kappa shape index (κ2) is 10.2. The fourth-order valence-electron chi connectivity index (χ4n) is 4.31. The van der Waals surface area contributed by atoms with E-state index < -0.39 is 11.7 Å². The molecule has 0 bridgehead atoms. The largest absolute Gasteiger partial charge is 0.449 e. The number of nitrogens with zero attached hydrogens (tertiary/aromatic N) is 6. The summed E-state index contributed by atoms with van der Waals surface area (Å²) in [6.45, 7) is 6.42. The van der Waals surface area contributed by atoms with E-state index in [9.17, 15) is 4.79 Å². The van der Waals surface area contributed by atoms with Gasteiger partial charge in [0, 0.05) is 35.1 Å². The van der Waals surface area contributed by atoms with Gasteiger partial charge in [-0.25, -0.2) is 14.8 Å². The number of nitrogens with one attached hydrogen (secondary N) is 1. The van der Waals surface area contributed by atoms with Gasteiger partial charge in [-0.1, -0.05) is 6.07 Å². The number of carbonyl (C=O) groups excluding carboxylic acids is 1. The fraction of sp³-hybridized carbons (Fsp3) is 0.321. The lowest BCUT2D eigenvalue weighted by atomic mass is 10.1. The summed E-state index contributed by atoms with van der Waals surface area (Å²) in [5, 5.41) is 9.98. The number of hydrogen-bond donors (Lipinski definition) is 1. The Hall–Kier alpha value is -4.31. The molecule has 38 heavy (non-hydrogen) atoms. The van der Waals surface area contributed by atoms with Crippen molar-refractivity contribution < 1.29 is 13.9 Å². The Morgan fingerprint density at radius 2 is 1.89 bits per heavy atom. The van der Waals surface area contributed by atoms with Crippen molar-refractivity contribution in [3.63, 3.8) is 0 Å². The maximum Gasteiger partial charge on any atom is 0.435 e. The summed E-state index contributed by atoms with van der Waals surface area (Å²) >= 11 is 0. The van der Waals surface area contributed by atoms with Gasteiger partial charge in [0.15, 0.2) is 17.2 Å². The number of benzene rings is 1. The average Bonchev–Trinajstić information content (AvgIpc) is 3.43. The third kappa shape index (κ3) is 5.21. The smallest absolute Gasteiger partial charge is 0.435 e. The molecule has 1 aromatic carbocycles. The quantitative estimate of drug-likeness (QED) is 0.295. The molecule has 5 rings (SSSR count). The average molecular weight is 514 g/mol. The molecule has 10 heteroatoms. The van der Waals surface area contributed by atoms with Gasteiger partial charge in [0.2, 0.25) is 0 Å². The van der Waals surface area contributed by atoms with E-state index in [1.807, 2.05) is 59.1 Å². The summed E-state index contributed by atoms with van der Waals surface area (Å²) in [6, 6.07) is 9.38. The van der Waals surface area contributed by atoms with E-state index in [2.05, 4.69) is 25.2 Å². The van der Waals surface area contributed by atoms with E-state index in [4.69, 9.17) is 14.3 Å². The number of carbonyl (C=O) groups is 1. The molecule has 5 aromatic rings. The second-order valence-electron chi connectivity index (χ2n) is 10.3. The summed E-state index contributed by atoms with van der Waals surface area (Å²) in [5.74, 6) is 0.952. The maximum atomic E-state index is 13.1. The summed E-state index contributed by atoms with van der Waals surface area (Å²) in [4.78, 5) is 28.2. The molecule has 0 fully saturated rings. The molecule has 0 unspecified atom stereocenters. The van der Waals surface area contributed by atoms with E-state index in [0.29, 0.717) is 34.8 Å². The first-order valence-electron chi connectivity index (χ1n) is 12.5. The number of rotatable bonds is 7. The minimum absolute atomic E-state index is 0.453. The fourth-order valence-corrected chi connectivity index (χ4v) is 4.31. The third-order valence-electron chi connectivity index (χ3n) is 5.89. The van der Waals surface area contributed by atoms with Crippen molar-refractivity contribution in [3.8, 4) is 11.6 Å². The SMILES string of the molecule is CN(C)CCCc1nn(C(=O)OC(C)(C)C)c2cccc(Nc3c(-c4ncccn4)oc4cnccc34)c12. The van der Waals surface area contributed by atoms with Crippen LogP contribution < -0.4 is 5.32 Å². The first-order valence-corrected chi connectivity index (χ1v) is 12.5. The molecular formula is C28H31N7O3. The lowest BCUT2D eigenvalue weighted by molar-refractivity contribution is 0.0522. The van der Waals surface area contributed by atoms with Crippen LogP contribution >= 0.6 is 0 Å². The second-order valence-corrected chi connectivity index (χ2v) is 10.3. The van der Waals surface area contributed by atoms with Crippen molar-refractivity contribution in [1.29, 1.82) is 0 Å². The van der Waals surface area contributed by atoms with Crippen LogP contribution in [0, 0.1) is 0 Å². The highest BCUT2D eigenvalue weighted by Crippen LogP contribution is 2.40. The number of anilines is 2.